The second-order valence-corrected chi connectivity index (χ2v) is 8.54. The van der Waals surface area contributed by atoms with E-state index < -0.39 is 0 Å². The summed E-state index contributed by atoms with van der Waals surface area (Å²) >= 11 is 5.92. The molecule has 6 nitrogen and oxygen atoms in total. The molecule has 0 aromatic heterocycles. The van der Waals surface area contributed by atoms with Gasteiger partial charge in [0.2, 0.25) is 5.91 Å². The summed E-state index contributed by atoms with van der Waals surface area (Å²) in [6, 6.07) is 14.8. The third-order valence-electron chi connectivity index (χ3n) is 5.85. The standard InChI is InChI=1S/C25H27ClN2O4/c1-2-31-20-10-5-17(6-11-20)15-27-24(29)18-7-12-22-21(14-18)28-25(30)23(32-22)13-16-3-8-19(26)9-4-16/h3-6,8-11,13,18,21-22H,2,7,12,14-15H2,1H3,(H,27,29)(H,28,30)/b23-13+. The van der Waals surface area contributed by atoms with Crippen molar-refractivity contribution in [3.63, 3.8) is 0 Å². The fraction of sp³-hybridized carbons (Fsp3) is 0.360. The number of morpholine rings is 1. The van der Waals surface area contributed by atoms with Gasteiger partial charge in [-0.05, 0) is 67.7 Å². The van der Waals surface area contributed by atoms with Gasteiger partial charge in [0, 0.05) is 17.5 Å². The van der Waals surface area contributed by atoms with Crippen LogP contribution in [0.4, 0.5) is 0 Å². The first-order chi connectivity index (χ1) is 15.5. The molecule has 1 aliphatic heterocycles. The molecule has 1 aliphatic carbocycles. The highest BCUT2D eigenvalue weighted by Gasteiger charge is 2.40. The molecule has 0 radical (unpaired) electrons. The lowest BCUT2D eigenvalue weighted by atomic mass is 9.82. The quantitative estimate of drug-likeness (QED) is 0.645. The maximum atomic E-state index is 12.7. The first-order valence-corrected chi connectivity index (χ1v) is 11.3. The number of halogens is 1. The van der Waals surface area contributed by atoms with Gasteiger partial charge in [-0.25, -0.2) is 0 Å². The molecule has 2 fully saturated rings. The highest BCUT2D eigenvalue weighted by atomic mass is 35.5. The predicted octanol–water partition coefficient (Wildman–Crippen LogP) is 4.08. The second-order valence-electron chi connectivity index (χ2n) is 8.10. The summed E-state index contributed by atoms with van der Waals surface area (Å²) in [5.74, 6) is 0.723. The Morgan fingerprint density at radius 1 is 1.19 bits per heavy atom. The second kappa shape index (κ2) is 10.1. The number of hydrogen-bond acceptors (Lipinski definition) is 4. The summed E-state index contributed by atoms with van der Waals surface area (Å²) in [4.78, 5) is 25.3. The summed E-state index contributed by atoms with van der Waals surface area (Å²) in [6.07, 6.45) is 3.60. The first kappa shape index (κ1) is 22.2. The summed E-state index contributed by atoms with van der Waals surface area (Å²) in [6.45, 7) is 3.03. The van der Waals surface area contributed by atoms with Gasteiger partial charge in [0.1, 0.15) is 11.9 Å². The van der Waals surface area contributed by atoms with Crippen molar-refractivity contribution >= 4 is 29.5 Å². The number of benzene rings is 2. The number of carbonyl (C=O) groups excluding carboxylic acids is 2. The number of ether oxygens (including phenoxy) is 2. The Balaban J connectivity index is 1.30. The Morgan fingerprint density at radius 2 is 1.94 bits per heavy atom. The molecule has 1 heterocycles. The summed E-state index contributed by atoms with van der Waals surface area (Å²) in [5.41, 5.74) is 1.86. The van der Waals surface area contributed by atoms with Gasteiger partial charge in [-0.3, -0.25) is 9.59 Å². The zero-order chi connectivity index (χ0) is 22.5. The largest absolute Gasteiger partial charge is 0.494 e. The van der Waals surface area contributed by atoms with Gasteiger partial charge in [-0.2, -0.15) is 0 Å². The van der Waals surface area contributed by atoms with E-state index in [0.717, 1.165) is 23.3 Å². The van der Waals surface area contributed by atoms with Crippen LogP contribution in [0.3, 0.4) is 0 Å². The fourth-order valence-corrected chi connectivity index (χ4v) is 4.27. The molecular weight excluding hydrogens is 428 g/mol. The molecule has 2 aromatic carbocycles. The van der Waals surface area contributed by atoms with Crippen LogP contribution in [0.25, 0.3) is 6.08 Å². The zero-order valence-electron chi connectivity index (χ0n) is 18.0. The molecule has 2 aromatic rings. The van der Waals surface area contributed by atoms with Gasteiger partial charge < -0.3 is 20.1 Å². The molecule has 1 saturated heterocycles. The van der Waals surface area contributed by atoms with Crippen molar-refractivity contribution in [1.29, 1.82) is 0 Å². The number of amides is 2. The van der Waals surface area contributed by atoms with Gasteiger partial charge in [-0.1, -0.05) is 35.9 Å². The highest BCUT2D eigenvalue weighted by molar-refractivity contribution is 6.30. The molecule has 7 heteroatoms. The smallest absolute Gasteiger partial charge is 0.286 e. The third kappa shape index (κ3) is 5.43. The van der Waals surface area contributed by atoms with Gasteiger partial charge in [0.15, 0.2) is 5.76 Å². The average molecular weight is 455 g/mol. The number of fused-ring (bicyclic) bond motifs is 1. The maximum absolute atomic E-state index is 12.7. The van der Waals surface area contributed by atoms with Crippen LogP contribution in [0.5, 0.6) is 5.75 Å². The molecule has 168 valence electrons. The van der Waals surface area contributed by atoms with Crippen LogP contribution in [0.1, 0.15) is 37.3 Å². The van der Waals surface area contributed by atoms with Crippen molar-refractivity contribution in [3.8, 4) is 5.75 Å². The van der Waals surface area contributed by atoms with Gasteiger partial charge in [-0.15, -0.1) is 0 Å². The minimum absolute atomic E-state index is 0.00841. The Labute approximate surface area is 192 Å². The molecule has 0 bridgehead atoms. The van der Waals surface area contributed by atoms with Crippen molar-refractivity contribution in [2.45, 2.75) is 44.9 Å². The SMILES string of the molecule is CCOc1ccc(CNC(=O)C2CCC3O/C(=C/c4ccc(Cl)cc4)C(=O)NC3C2)cc1. The number of carbonyl (C=O) groups is 2. The summed E-state index contributed by atoms with van der Waals surface area (Å²) in [7, 11) is 0. The van der Waals surface area contributed by atoms with Crippen LogP contribution in [-0.4, -0.2) is 30.6 Å². The molecular formula is C25H27ClN2O4. The van der Waals surface area contributed by atoms with Crippen LogP contribution >= 0.6 is 11.6 Å². The van der Waals surface area contributed by atoms with E-state index in [9.17, 15) is 9.59 Å². The first-order valence-electron chi connectivity index (χ1n) is 11.0. The van der Waals surface area contributed by atoms with Crippen LogP contribution in [0, 0.1) is 5.92 Å². The molecule has 3 unspecified atom stereocenters. The lowest BCUT2D eigenvalue weighted by Crippen LogP contribution is -2.54. The molecule has 4 rings (SSSR count). The number of hydrogen-bond donors (Lipinski definition) is 2. The Hall–Kier alpha value is -2.99. The van der Waals surface area contributed by atoms with E-state index in [-0.39, 0.29) is 29.9 Å². The van der Waals surface area contributed by atoms with E-state index in [1.165, 1.54) is 0 Å². The molecule has 1 saturated carbocycles. The lowest BCUT2D eigenvalue weighted by Gasteiger charge is -2.39. The van der Waals surface area contributed by atoms with Gasteiger partial charge in [0.05, 0.1) is 12.6 Å². The monoisotopic (exact) mass is 454 g/mol. The van der Waals surface area contributed by atoms with E-state index in [0.29, 0.717) is 36.8 Å². The highest BCUT2D eigenvalue weighted by Crippen LogP contribution is 2.31. The molecule has 2 aliphatic rings. The average Bonchev–Trinajstić information content (AvgIpc) is 2.80. The number of nitrogens with one attached hydrogen (secondary N) is 2. The number of rotatable bonds is 6. The molecule has 2 amide bonds. The Bertz CT molecular complexity index is 988. The summed E-state index contributed by atoms with van der Waals surface area (Å²) in [5, 5.41) is 6.68. The van der Waals surface area contributed by atoms with Crippen molar-refractivity contribution < 1.29 is 19.1 Å². The van der Waals surface area contributed by atoms with E-state index in [1.807, 2.05) is 43.3 Å². The van der Waals surface area contributed by atoms with Crippen LogP contribution in [0.2, 0.25) is 5.02 Å². The van der Waals surface area contributed by atoms with E-state index in [1.54, 1.807) is 18.2 Å². The van der Waals surface area contributed by atoms with E-state index >= 15 is 0 Å². The van der Waals surface area contributed by atoms with E-state index in [4.69, 9.17) is 21.1 Å². The minimum atomic E-state index is -0.253. The maximum Gasteiger partial charge on any atom is 0.286 e. The zero-order valence-corrected chi connectivity index (χ0v) is 18.7. The van der Waals surface area contributed by atoms with Crippen molar-refractivity contribution in [2.75, 3.05) is 6.61 Å². The Morgan fingerprint density at radius 3 is 2.66 bits per heavy atom. The van der Waals surface area contributed by atoms with Crippen LogP contribution < -0.4 is 15.4 Å². The third-order valence-corrected chi connectivity index (χ3v) is 6.10. The molecule has 2 N–H and O–H groups in total. The van der Waals surface area contributed by atoms with Gasteiger partial charge >= 0.3 is 0 Å². The van der Waals surface area contributed by atoms with E-state index in [2.05, 4.69) is 10.6 Å². The van der Waals surface area contributed by atoms with Crippen molar-refractivity contribution in [3.05, 3.63) is 70.4 Å². The molecule has 32 heavy (non-hydrogen) atoms. The van der Waals surface area contributed by atoms with Gasteiger partial charge in [0.25, 0.3) is 5.91 Å². The lowest BCUT2D eigenvalue weighted by molar-refractivity contribution is -0.134. The molecule has 0 spiro atoms. The minimum Gasteiger partial charge on any atom is -0.494 e. The molecule has 3 atom stereocenters. The van der Waals surface area contributed by atoms with Crippen LogP contribution in [0.15, 0.2) is 54.3 Å². The predicted molar refractivity (Wildman–Crippen MR) is 123 cm³/mol. The van der Waals surface area contributed by atoms with Crippen LogP contribution in [-0.2, 0) is 20.9 Å². The van der Waals surface area contributed by atoms with Crippen molar-refractivity contribution in [2.24, 2.45) is 5.92 Å². The fourth-order valence-electron chi connectivity index (χ4n) is 4.14. The topological polar surface area (TPSA) is 76.7 Å². The summed E-state index contributed by atoms with van der Waals surface area (Å²) < 4.78 is 11.4. The van der Waals surface area contributed by atoms with Crippen molar-refractivity contribution in [1.82, 2.24) is 10.6 Å². The normalized spacial score (nSPS) is 23.6. The Kier molecular flexibility index (Phi) is 7.00.